The summed E-state index contributed by atoms with van der Waals surface area (Å²) in [6.45, 7) is 5.76. The Hall–Kier alpha value is -1.87. The number of unbranched alkanes of at least 4 members (excludes halogenated alkanes) is 1. The number of aromatic amines is 1. The minimum Gasteiger partial charge on any atom is -0.383 e. The molecule has 23 heavy (non-hydrogen) atoms. The van der Waals surface area contributed by atoms with Gasteiger partial charge >= 0.3 is 5.69 Å². The van der Waals surface area contributed by atoms with Crippen molar-refractivity contribution in [2.45, 2.75) is 33.2 Å². The molecule has 0 bridgehead atoms. The van der Waals surface area contributed by atoms with Crippen LogP contribution >= 0.6 is 12.2 Å². The zero-order valence-corrected chi connectivity index (χ0v) is 14.7. The van der Waals surface area contributed by atoms with Gasteiger partial charge in [0.2, 0.25) is 0 Å². The number of nitrogens with one attached hydrogen (secondary N) is 2. The molecule has 0 aromatic carbocycles. The van der Waals surface area contributed by atoms with Crippen LogP contribution in [0.2, 0.25) is 0 Å². The number of aromatic nitrogens is 2. The summed E-state index contributed by atoms with van der Waals surface area (Å²) in [6, 6.07) is 0. The number of methoxy groups -OCH3 is 1. The lowest BCUT2D eigenvalue weighted by Crippen LogP contribution is -2.46. The molecular weight excluding hydrogens is 318 g/mol. The maximum absolute atomic E-state index is 12.2. The first kappa shape index (κ1) is 19.2. The van der Waals surface area contributed by atoms with Crippen LogP contribution in [-0.4, -0.2) is 41.5 Å². The number of anilines is 2. The molecule has 0 unspecified atom stereocenters. The highest BCUT2D eigenvalue weighted by molar-refractivity contribution is 7.80. The number of hydrogen-bond acceptors (Lipinski definition) is 5. The van der Waals surface area contributed by atoms with Gasteiger partial charge in [-0.05, 0) is 25.6 Å². The van der Waals surface area contributed by atoms with Crippen LogP contribution in [0.15, 0.2) is 9.59 Å². The van der Waals surface area contributed by atoms with Gasteiger partial charge in [-0.1, -0.05) is 13.3 Å². The van der Waals surface area contributed by atoms with E-state index in [1.54, 1.807) is 12.0 Å². The normalized spacial score (nSPS) is 10.6. The third-order valence-corrected chi connectivity index (χ3v) is 3.73. The summed E-state index contributed by atoms with van der Waals surface area (Å²) in [4.78, 5) is 28.1. The second-order valence-electron chi connectivity index (χ2n) is 4.97. The van der Waals surface area contributed by atoms with Gasteiger partial charge in [-0.15, -0.1) is 0 Å². The van der Waals surface area contributed by atoms with E-state index < -0.39 is 11.2 Å². The maximum Gasteiger partial charge on any atom is 0.330 e. The highest BCUT2D eigenvalue weighted by Gasteiger charge is 2.20. The third-order valence-electron chi connectivity index (χ3n) is 3.36. The fourth-order valence-corrected chi connectivity index (χ4v) is 2.46. The molecule has 0 saturated carbocycles. The number of H-pyrrole nitrogens is 1. The summed E-state index contributed by atoms with van der Waals surface area (Å²) in [5.74, 6) is 0.130. The molecule has 8 nitrogen and oxygen atoms in total. The lowest BCUT2D eigenvalue weighted by atomic mass is 10.3. The van der Waals surface area contributed by atoms with Gasteiger partial charge in [0.1, 0.15) is 5.82 Å². The van der Waals surface area contributed by atoms with Crippen LogP contribution < -0.4 is 27.2 Å². The van der Waals surface area contributed by atoms with E-state index in [-0.39, 0.29) is 11.5 Å². The van der Waals surface area contributed by atoms with Crippen LogP contribution in [0.4, 0.5) is 11.5 Å². The number of nitrogens with two attached hydrogens (primary N) is 1. The van der Waals surface area contributed by atoms with E-state index >= 15 is 0 Å². The summed E-state index contributed by atoms with van der Waals surface area (Å²) in [7, 11) is 1.59. The predicted octanol–water partition coefficient (Wildman–Crippen LogP) is 0.266. The molecule has 4 N–H and O–H groups in total. The topological polar surface area (TPSA) is 105 Å². The van der Waals surface area contributed by atoms with Crippen molar-refractivity contribution in [2.75, 3.05) is 37.4 Å². The van der Waals surface area contributed by atoms with E-state index in [0.29, 0.717) is 31.4 Å². The van der Waals surface area contributed by atoms with Crippen molar-refractivity contribution < 1.29 is 4.74 Å². The van der Waals surface area contributed by atoms with Gasteiger partial charge in [0.15, 0.2) is 10.8 Å². The van der Waals surface area contributed by atoms with Crippen LogP contribution in [-0.2, 0) is 11.3 Å². The zero-order valence-electron chi connectivity index (χ0n) is 13.8. The first-order valence-electron chi connectivity index (χ1n) is 7.64. The third kappa shape index (κ3) is 4.80. The van der Waals surface area contributed by atoms with Crippen LogP contribution in [0.5, 0.6) is 0 Å². The van der Waals surface area contributed by atoms with E-state index in [1.807, 2.05) is 13.8 Å². The summed E-state index contributed by atoms with van der Waals surface area (Å²) in [5.41, 5.74) is 5.23. The maximum atomic E-state index is 12.2. The van der Waals surface area contributed by atoms with Gasteiger partial charge in [-0.3, -0.25) is 14.3 Å². The lowest BCUT2D eigenvalue weighted by Gasteiger charge is -2.25. The van der Waals surface area contributed by atoms with Gasteiger partial charge in [-0.25, -0.2) is 4.79 Å². The first-order valence-corrected chi connectivity index (χ1v) is 8.05. The average molecular weight is 343 g/mol. The van der Waals surface area contributed by atoms with Crippen LogP contribution in [0.25, 0.3) is 0 Å². The molecule has 0 aliphatic rings. The molecule has 9 heteroatoms. The number of nitrogen functional groups attached to an aromatic ring is 1. The van der Waals surface area contributed by atoms with Crippen molar-refractivity contribution >= 4 is 28.8 Å². The number of nitrogens with zero attached hydrogens (tertiary/aromatic N) is 2. The first-order chi connectivity index (χ1) is 11.0. The van der Waals surface area contributed by atoms with Gasteiger partial charge < -0.3 is 20.7 Å². The Labute approximate surface area is 140 Å². The molecule has 1 aromatic rings. The quantitative estimate of drug-likeness (QED) is 0.459. The van der Waals surface area contributed by atoms with Gasteiger partial charge in [-0.2, -0.15) is 0 Å². The SMILES string of the molecule is CCCCn1c(N)c(N(CC)C(=S)NCCOC)c(=O)[nH]c1=O. The number of thiocarbonyl (C=S) groups is 1. The minimum atomic E-state index is -0.544. The summed E-state index contributed by atoms with van der Waals surface area (Å²) in [5, 5.41) is 3.36. The number of hydrogen-bond donors (Lipinski definition) is 3. The van der Waals surface area contributed by atoms with E-state index in [1.165, 1.54) is 4.57 Å². The van der Waals surface area contributed by atoms with Gasteiger partial charge in [0.05, 0.1) is 6.61 Å². The van der Waals surface area contributed by atoms with E-state index in [2.05, 4.69) is 10.3 Å². The second kappa shape index (κ2) is 9.31. The lowest BCUT2D eigenvalue weighted by molar-refractivity contribution is 0.204. The number of ether oxygens (including phenoxy) is 1. The molecule has 0 aliphatic heterocycles. The molecule has 1 heterocycles. The monoisotopic (exact) mass is 343 g/mol. The minimum absolute atomic E-state index is 0.130. The van der Waals surface area contributed by atoms with Crippen molar-refractivity contribution in [3.05, 3.63) is 20.8 Å². The van der Waals surface area contributed by atoms with Crippen molar-refractivity contribution in [1.29, 1.82) is 0 Å². The van der Waals surface area contributed by atoms with E-state index in [4.69, 9.17) is 22.7 Å². The largest absolute Gasteiger partial charge is 0.383 e. The molecule has 0 amide bonds. The molecule has 0 spiro atoms. The Morgan fingerprint density at radius 1 is 1.43 bits per heavy atom. The van der Waals surface area contributed by atoms with Gasteiger partial charge in [0.25, 0.3) is 5.56 Å². The molecule has 0 atom stereocenters. The van der Waals surface area contributed by atoms with Crippen molar-refractivity contribution in [2.24, 2.45) is 0 Å². The smallest absolute Gasteiger partial charge is 0.330 e. The predicted molar refractivity (Wildman–Crippen MR) is 96.1 cm³/mol. The Balaban J connectivity index is 3.19. The van der Waals surface area contributed by atoms with E-state index in [0.717, 1.165) is 12.8 Å². The Kier molecular flexibility index (Phi) is 7.76. The van der Waals surface area contributed by atoms with E-state index in [9.17, 15) is 9.59 Å². The average Bonchev–Trinajstić information content (AvgIpc) is 2.51. The van der Waals surface area contributed by atoms with Crippen LogP contribution in [0.3, 0.4) is 0 Å². The number of rotatable bonds is 8. The summed E-state index contributed by atoms with van der Waals surface area (Å²) >= 11 is 5.32. The van der Waals surface area contributed by atoms with Crippen LogP contribution in [0.1, 0.15) is 26.7 Å². The second-order valence-corrected chi connectivity index (χ2v) is 5.35. The molecule has 1 aromatic heterocycles. The van der Waals surface area contributed by atoms with Crippen molar-refractivity contribution in [3.8, 4) is 0 Å². The molecule has 0 aliphatic carbocycles. The van der Waals surface area contributed by atoms with Crippen LogP contribution in [0, 0.1) is 0 Å². The fraction of sp³-hybridized carbons (Fsp3) is 0.643. The van der Waals surface area contributed by atoms with Gasteiger partial charge in [0, 0.05) is 26.7 Å². The summed E-state index contributed by atoms with van der Waals surface area (Å²) < 4.78 is 6.33. The van der Waals surface area contributed by atoms with Crippen molar-refractivity contribution in [3.63, 3.8) is 0 Å². The Morgan fingerprint density at radius 3 is 2.70 bits per heavy atom. The molecule has 0 radical (unpaired) electrons. The Bertz CT molecular complexity index is 640. The molecule has 130 valence electrons. The highest BCUT2D eigenvalue weighted by Crippen LogP contribution is 2.17. The fourth-order valence-electron chi connectivity index (χ4n) is 2.14. The zero-order chi connectivity index (χ0) is 17.4. The van der Waals surface area contributed by atoms with Crippen molar-refractivity contribution in [1.82, 2.24) is 14.9 Å². The molecular formula is C14H25N5O3S. The Morgan fingerprint density at radius 2 is 2.13 bits per heavy atom. The summed E-state index contributed by atoms with van der Waals surface area (Å²) in [6.07, 6.45) is 1.70. The standard InChI is InChI=1S/C14H25N5O3S/c1-4-6-8-19-11(15)10(12(20)17-13(19)21)18(5-2)14(23)16-7-9-22-3/h4-9,15H2,1-3H3,(H,16,23)(H,17,20,21). The molecule has 1 rings (SSSR count). The molecule has 0 saturated heterocycles. The highest BCUT2D eigenvalue weighted by atomic mass is 32.1. The molecule has 0 fully saturated rings.